The van der Waals surface area contributed by atoms with E-state index in [2.05, 4.69) is 5.32 Å². The van der Waals surface area contributed by atoms with Crippen LogP contribution in [0.2, 0.25) is 0 Å². The van der Waals surface area contributed by atoms with Crippen LogP contribution in [-0.4, -0.2) is 59.0 Å². The highest BCUT2D eigenvalue weighted by Crippen LogP contribution is 2.39. The van der Waals surface area contributed by atoms with Crippen LogP contribution in [0.3, 0.4) is 0 Å². The van der Waals surface area contributed by atoms with Crippen molar-refractivity contribution in [3.8, 4) is 0 Å². The highest BCUT2D eigenvalue weighted by Gasteiger charge is 2.54. The molecular formula is C32H32F3N3O4. The van der Waals surface area contributed by atoms with Crippen molar-refractivity contribution in [2.45, 2.75) is 51.2 Å². The number of amides is 3. The van der Waals surface area contributed by atoms with E-state index in [1.165, 1.54) is 17.0 Å². The zero-order valence-electron chi connectivity index (χ0n) is 23.4. The summed E-state index contributed by atoms with van der Waals surface area (Å²) >= 11 is 0. The van der Waals surface area contributed by atoms with Gasteiger partial charge >= 0.3 is 6.18 Å². The minimum Gasteiger partial charge on any atom is -0.353 e. The Morgan fingerprint density at radius 1 is 0.929 bits per heavy atom. The summed E-state index contributed by atoms with van der Waals surface area (Å²) in [6, 6.07) is 18.1. The summed E-state index contributed by atoms with van der Waals surface area (Å²) in [5.41, 5.74) is 1.21. The van der Waals surface area contributed by atoms with E-state index < -0.39 is 29.4 Å². The number of hydrogen-bond donors (Lipinski definition) is 1. The molecule has 3 aromatic rings. The van der Waals surface area contributed by atoms with Gasteiger partial charge in [-0.1, -0.05) is 48.0 Å². The molecule has 2 heterocycles. The summed E-state index contributed by atoms with van der Waals surface area (Å²) in [6.07, 6.45) is -3.89. The van der Waals surface area contributed by atoms with E-state index >= 15 is 0 Å². The van der Waals surface area contributed by atoms with Crippen LogP contribution in [0.5, 0.6) is 0 Å². The summed E-state index contributed by atoms with van der Waals surface area (Å²) < 4.78 is 45.7. The van der Waals surface area contributed by atoms with Crippen molar-refractivity contribution in [1.82, 2.24) is 15.1 Å². The van der Waals surface area contributed by atoms with Gasteiger partial charge in [-0.15, -0.1) is 0 Å². The number of benzene rings is 3. The second-order valence-electron chi connectivity index (χ2n) is 10.8. The maximum absolute atomic E-state index is 13.9. The van der Waals surface area contributed by atoms with Crippen molar-refractivity contribution in [2.75, 3.05) is 19.7 Å². The number of likely N-dealkylation sites (tertiary alicyclic amines) is 1. The van der Waals surface area contributed by atoms with Crippen LogP contribution in [0, 0.1) is 13.8 Å². The molecule has 0 radical (unpaired) electrons. The lowest BCUT2D eigenvalue weighted by Crippen LogP contribution is -2.59. The van der Waals surface area contributed by atoms with Crippen LogP contribution >= 0.6 is 0 Å². The van der Waals surface area contributed by atoms with Crippen molar-refractivity contribution in [3.63, 3.8) is 0 Å². The number of halogens is 3. The third-order valence-electron chi connectivity index (χ3n) is 8.01. The molecule has 42 heavy (non-hydrogen) atoms. The van der Waals surface area contributed by atoms with E-state index in [0.717, 1.165) is 23.3 Å². The van der Waals surface area contributed by atoms with Crippen molar-refractivity contribution < 1.29 is 32.3 Å². The fourth-order valence-electron chi connectivity index (χ4n) is 5.61. The quantitative estimate of drug-likeness (QED) is 0.456. The smallest absolute Gasteiger partial charge is 0.353 e. The first-order chi connectivity index (χ1) is 20.0. The molecule has 1 unspecified atom stereocenters. The Morgan fingerprint density at radius 2 is 1.62 bits per heavy atom. The van der Waals surface area contributed by atoms with Gasteiger partial charge in [0, 0.05) is 43.6 Å². The van der Waals surface area contributed by atoms with Crippen LogP contribution in [-0.2, 0) is 22.3 Å². The Bertz CT molecular complexity index is 1480. The van der Waals surface area contributed by atoms with Gasteiger partial charge in [0.2, 0.25) is 5.91 Å². The van der Waals surface area contributed by atoms with Crippen molar-refractivity contribution >= 4 is 17.7 Å². The molecule has 1 atom stereocenters. The first-order valence-corrected chi connectivity index (χ1v) is 13.8. The Hall–Kier alpha value is -4.18. The zero-order chi connectivity index (χ0) is 30.1. The second-order valence-corrected chi connectivity index (χ2v) is 10.8. The number of carbonyl (C=O) groups is 3. The molecule has 2 aliphatic rings. The van der Waals surface area contributed by atoms with E-state index in [0.29, 0.717) is 37.1 Å². The van der Waals surface area contributed by atoms with Crippen LogP contribution < -0.4 is 5.32 Å². The highest BCUT2D eigenvalue weighted by atomic mass is 19.4. The van der Waals surface area contributed by atoms with Gasteiger partial charge in [0.1, 0.15) is 11.8 Å². The molecule has 0 aromatic heterocycles. The number of rotatable bonds is 5. The molecule has 2 aliphatic heterocycles. The van der Waals surface area contributed by atoms with Crippen LogP contribution in [0.15, 0.2) is 72.8 Å². The van der Waals surface area contributed by atoms with Gasteiger partial charge in [-0.3, -0.25) is 19.3 Å². The van der Waals surface area contributed by atoms with Crippen molar-refractivity contribution in [1.29, 1.82) is 0 Å². The Kier molecular flexibility index (Phi) is 8.10. The number of alkyl halides is 3. The number of nitrogens with zero attached hydrogens (tertiary/aromatic N) is 2. The topological polar surface area (TPSA) is 79.0 Å². The molecule has 3 amide bonds. The minimum absolute atomic E-state index is 0.0717. The number of piperidine rings is 1. The van der Waals surface area contributed by atoms with Gasteiger partial charge in [0.15, 0.2) is 0 Å². The maximum Gasteiger partial charge on any atom is 0.416 e. The molecule has 0 bridgehead atoms. The van der Waals surface area contributed by atoms with Crippen LogP contribution in [0.1, 0.15) is 55.8 Å². The largest absolute Gasteiger partial charge is 0.416 e. The summed E-state index contributed by atoms with van der Waals surface area (Å²) in [4.78, 5) is 43.8. The third kappa shape index (κ3) is 5.90. The predicted molar refractivity (Wildman–Crippen MR) is 149 cm³/mol. The molecule has 10 heteroatoms. The fraction of sp³-hybridized carbons (Fsp3) is 0.344. The molecule has 5 rings (SSSR count). The van der Waals surface area contributed by atoms with Gasteiger partial charge in [0.25, 0.3) is 11.8 Å². The average Bonchev–Trinajstić information content (AvgIpc) is 3.34. The van der Waals surface area contributed by atoms with E-state index in [1.54, 1.807) is 23.1 Å². The first-order valence-electron chi connectivity index (χ1n) is 13.8. The van der Waals surface area contributed by atoms with E-state index in [9.17, 15) is 27.6 Å². The number of nitrogens with one attached hydrogen (secondary N) is 1. The highest BCUT2D eigenvalue weighted by molar-refractivity contribution is 5.99. The number of hydrogen-bond acceptors (Lipinski definition) is 4. The van der Waals surface area contributed by atoms with Gasteiger partial charge in [-0.05, 0) is 55.3 Å². The summed E-state index contributed by atoms with van der Waals surface area (Å²) in [5, 5.41) is 2.70. The standard InChI is InChI=1S/C32H32F3N3O4/c1-21-10-12-24(13-11-21)29(40)38-27(28(39)36-19-23-7-5-8-25(18-23)32(33,34)35)20-42-31(38)14-16-37(17-15-31)30(41)26-9-4-3-6-22(26)2/h3-13,18,27H,14-17,19-20H2,1-2H3,(H,36,39). The minimum atomic E-state index is -4.50. The lowest BCUT2D eigenvalue weighted by Gasteiger charge is -2.44. The van der Waals surface area contributed by atoms with Gasteiger partial charge in [-0.25, -0.2) is 0 Å². The Labute approximate surface area is 242 Å². The molecule has 1 spiro atoms. The summed E-state index contributed by atoms with van der Waals surface area (Å²) in [5.74, 6) is -1.01. The van der Waals surface area contributed by atoms with Crippen LogP contribution in [0.4, 0.5) is 13.2 Å². The molecule has 220 valence electrons. The second kappa shape index (κ2) is 11.6. The van der Waals surface area contributed by atoms with E-state index in [1.807, 2.05) is 44.2 Å². The molecule has 0 saturated carbocycles. The third-order valence-corrected chi connectivity index (χ3v) is 8.01. The number of aryl methyl sites for hydroxylation is 2. The van der Waals surface area contributed by atoms with Gasteiger partial charge in [0.05, 0.1) is 12.2 Å². The Morgan fingerprint density at radius 3 is 2.29 bits per heavy atom. The molecule has 7 nitrogen and oxygen atoms in total. The van der Waals surface area contributed by atoms with Gasteiger partial charge < -0.3 is 15.0 Å². The van der Waals surface area contributed by atoms with Gasteiger partial charge in [-0.2, -0.15) is 13.2 Å². The van der Waals surface area contributed by atoms with E-state index in [4.69, 9.17) is 4.74 Å². The number of carbonyl (C=O) groups excluding carboxylic acids is 3. The molecule has 2 fully saturated rings. The lowest BCUT2D eigenvalue weighted by molar-refractivity contribution is -0.137. The number of ether oxygens (including phenoxy) is 1. The fourth-order valence-corrected chi connectivity index (χ4v) is 5.61. The summed E-state index contributed by atoms with van der Waals surface area (Å²) in [6.45, 7) is 4.21. The lowest BCUT2D eigenvalue weighted by atomic mass is 9.95. The van der Waals surface area contributed by atoms with Crippen molar-refractivity contribution in [3.05, 3.63) is 106 Å². The SMILES string of the molecule is Cc1ccc(C(=O)N2C(C(=O)NCc3cccc(C(F)(F)F)c3)COC23CCN(C(=O)c2ccccc2C)CC3)cc1. The molecule has 1 N–H and O–H groups in total. The monoisotopic (exact) mass is 579 g/mol. The average molecular weight is 580 g/mol. The van der Waals surface area contributed by atoms with E-state index in [-0.39, 0.29) is 30.5 Å². The first kappa shape index (κ1) is 29.3. The molecule has 2 saturated heterocycles. The van der Waals surface area contributed by atoms with Crippen LogP contribution in [0.25, 0.3) is 0 Å². The molecular weight excluding hydrogens is 547 g/mol. The molecule has 3 aromatic carbocycles. The molecule has 0 aliphatic carbocycles. The van der Waals surface area contributed by atoms with Crippen molar-refractivity contribution in [2.24, 2.45) is 0 Å². The Balaban J connectivity index is 1.36. The predicted octanol–water partition coefficient (Wildman–Crippen LogP) is 5.11. The maximum atomic E-state index is 13.9. The summed E-state index contributed by atoms with van der Waals surface area (Å²) in [7, 11) is 0. The normalized spacial score (nSPS) is 18.3. The zero-order valence-corrected chi connectivity index (χ0v) is 23.4.